The molecule has 0 spiro atoms. The van der Waals surface area contributed by atoms with Crippen molar-refractivity contribution < 1.29 is 18.9 Å². The molecule has 5 rings (SSSR count). The fourth-order valence-corrected chi connectivity index (χ4v) is 4.07. The van der Waals surface area contributed by atoms with Gasteiger partial charge in [-0.1, -0.05) is 19.1 Å². The van der Waals surface area contributed by atoms with Crippen LogP contribution in [0.5, 0.6) is 11.5 Å². The molecule has 0 radical (unpaired) electrons. The van der Waals surface area contributed by atoms with Crippen molar-refractivity contribution in [3.63, 3.8) is 0 Å². The molecule has 1 aromatic carbocycles. The van der Waals surface area contributed by atoms with Gasteiger partial charge >= 0.3 is 0 Å². The molecule has 4 aliphatic rings. The van der Waals surface area contributed by atoms with E-state index in [2.05, 4.69) is 43.2 Å². The Balaban J connectivity index is 1.67. The quantitative estimate of drug-likeness (QED) is 0.762. The maximum atomic E-state index is 5.76. The fourth-order valence-electron chi connectivity index (χ4n) is 4.07. The summed E-state index contributed by atoms with van der Waals surface area (Å²) in [5.41, 5.74) is 6.17. The molecule has 5 nitrogen and oxygen atoms in total. The van der Waals surface area contributed by atoms with E-state index in [1.807, 2.05) is 6.07 Å². The van der Waals surface area contributed by atoms with Gasteiger partial charge in [-0.05, 0) is 42.2 Å². The minimum absolute atomic E-state index is 0.299. The summed E-state index contributed by atoms with van der Waals surface area (Å²) in [7, 11) is 2.13. The largest absolute Gasteiger partial charge is 0.454 e. The van der Waals surface area contributed by atoms with Crippen molar-refractivity contribution in [2.24, 2.45) is 0 Å². The van der Waals surface area contributed by atoms with E-state index in [1.54, 1.807) is 0 Å². The maximum Gasteiger partial charge on any atom is 0.231 e. The first-order chi connectivity index (χ1) is 12.8. The molecule has 1 aromatic rings. The van der Waals surface area contributed by atoms with Crippen molar-refractivity contribution in [2.45, 2.75) is 26.3 Å². The lowest BCUT2D eigenvalue weighted by Gasteiger charge is -2.34. The number of rotatable bonds is 1. The van der Waals surface area contributed by atoms with E-state index in [0.29, 0.717) is 13.6 Å². The van der Waals surface area contributed by atoms with E-state index in [1.165, 1.54) is 28.0 Å². The number of likely N-dealkylation sites (N-methyl/N-ethyl adjacent to an activating group) is 1. The number of hydrogen-bond donors (Lipinski definition) is 0. The third-order valence-corrected chi connectivity index (χ3v) is 5.16. The van der Waals surface area contributed by atoms with Crippen molar-refractivity contribution >= 4 is 5.57 Å². The molecule has 1 fully saturated rings. The summed E-state index contributed by atoms with van der Waals surface area (Å²) >= 11 is 0. The van der Waals surface area contributed by atoms with Crippen LogP contribution < -0.4 is 9.47 Å². The Morgan fingerprint density at radius 3 is 2.81 bits per heavy atom. The normalized spacial score (nSPS) is 24.5. The highest BCUT2D eigenvalue weighted by atomic mass is 16.7. The van der Waals surface area contributed by atoms with Gasteiger partial charge in [0.15, 0.2) is 23.0 Å². The number of hydrogen-bond acceptors (Lipinski definition) is 5. The van der Waals surface area contributed by atoms with E-state index in [-0.39, 0.29) is 0 Å². The Morgan fingerprint density at radius 1 is 1.08 bits per heavy atom. The van der Waals surface area contributed by atoms with Gasteiger partial charge in [-0.2, -0.15) is 0 Å². The predicted octanol–water partition coefficient (Wildman–Crippen LogP) is 4.08. The molecule has 1 aliphatic carbocycles. The van der Waals surface area contributed by atoms with E-state index in [4.69, 9.17) is 18.9 Å². The van der Waals surface area contributed by atoms with Crippen molar-refractivity contribution in [2.75, 3.05) is 20.6 Å². The second-order valence-electron chi connectivity index (χ2n) is 6.77. The molecule has 0 bridgehead atoms. The third kappa shape index (κ3) is 2.23. The second kappa shape index (κ2) is 5.87. The van der Waals surface area contributed by atoms with Crippen LogP contribution in [0.25, 0.3) is 5.57 Å². The van der Waals surface area contributed by atoms with Crippen molar-refractivity contribution in [3.05, 3.63) is 64.3 Å². The highest BCUT2D eigenvalue weighted by Gasteiger charge is 2.31. The predicted molar refractivity (Wildman–Crippen MR) is 97.1 cm³/mol. The molecule has 5 heteroatoms. The second-order valence-corrected chi connectivity index (χ2v) is 6.77. The summed E-state index contributed by atoms with van der Waals surface area (Å²) in [5.74, 6) is 3.42. The van der Waals surface area contributed by atoms with Crippen molar-refractivity contribution in [3.8, 4) is 11.5 Å². The fraction of sp³-hybridized carbons (Fsp3) is 0.333. The van der Waals surface area contributed by atoms with Gasteiger partial charge < -0.3 is 23.8 Å². The van der Waals surface area contributed by atoms with Crippen LogP contribution in [0.4, 0.5) is 0 Å². The highest BCUT2D eigenvalue weighted by molar-refractivity contribution is 5.85. The first kappa shape index (κ1) is 15.4. The first-order valence-electron chi connectivity index (χ1n) is 9.00. The number of fused-ring (bicyclic) bond motifs is 4. The molecule has 3 heterocycles. The summed E-state index contributed by atoms with van der Waals surface area (Å²) in [5, 5.41) is 0. The van der Waals surface area contributed by atoms with Gasteiger partial charge in [-0.15, -0.1) is 0 Å². The van der Waals surface area contributed by atoms with E-state index in [0.717, 1.165) is 42.4 Å². The lowest BCUT2D eigenvalue weighted by Crippen LogP contribution is -2.26. The van der Waals surface area contributed by atoms with Gasteiger partial charge in [0.05, 0.1) is 0 Å². The zero-order chi connectivity index (χ0) is 17.7. The molecule has 134 valence electrons. The van der Waals surface area contributed by atoms with Crippen LogP contribution in [0.15, 0.2) is 53.1 Å². The Hall–Kier alpha value is -2.82. The summed E-state index contributed by atoms with van der Waals surface area (Å²) in [6.45, 7) is 3.56. The molecular formula is C21H21NO4. The molecule has 0 saturated carbocycles. The summed E-state index contributed by atoms with van der Waals surface area (Å²) in [4.78, 5) is 2.30. The van der Waals surface area contributed by atoms with Crippen LogP contribution in [0.3, 0.4) is 0 Å². The van der Waals surface area contributed by atoms with Gasteiger partial charge in [0.1, 0.15) is 0 Å². The zero-order valence-electron chi connectivity index (χ0n) is 15.0. The van der Waals surface area contributed by atoms with Gasteiger partial charge in [0.2, 0.25) is 13.6 Å². The Bertz CT molecular complexity index is 907. The monoisotopic (exact) mass is 351 g/mol. The third-order valence-electron chi connectivity index (χ3n) is 5.16. The summed E-state index contributed by atoms with van der Waals surface area (Å²) in [6, 6.07) is 4.17. The molecular weight excluding hydrogens is 330 g/mol. The van der Waals surface area contributed by atoms with Gasteiger partial charge in [-0.25, -0.2) is 0 Å². The van der Waals surface area contributed by atoms with Crippen LogP contribution in [-0.2, 0) is 16.0 Å². The van der Waals surface area contributed by atoms with Crippen LogP contribution >= 0.6 is 0 Å². The molecule has 0 atom stereocenters. The molecule has 0 N–H and O–H groups in total. The average molecular weight is 351 g/mol. The highest BCUT2D eigenvalue weighted by Crippen LogP contribution is 2.47. The van der Waals surface area contributed by atoms with E-state index in [9.17, 15) is 0 Å². The standard InChI is InChI=1S/C21H21NO4/c1-3-4-15-14-6-8-18-21(26-12-24-18)16(14)10-22(2)20(15)13-5-7-17-19(9-13)25-11-23-17/h4,6-9H,3,5,10-12H2,1-2H3/b15-4?,20-13-. The van der Waals surface area contributed by atoms with Gasteiger partial charge in [0, 0.05) is 30.4 Å². The Morgan fingerprint density at radius 2 is 1.92 bits per heavy atom. The van der Waals surface area contributed by atoms with Gasteiger partial charge in [0.25, 0.3) is 0 Å². The number of allylic oxidation sites excluding steroid dienone is 5. The zero-order valence-corrected chi connectivity index (χ0v) is 15.0. The van der Waals surface area contributed by atoms with Crippen LogP contribution in [0, 0.1) is 0 Å². The van der Waals surface area contributed by atoms with E-state index < -0.39 is 0 Å². The number of ether oxygens (including phenoxy) is 4. The number of nitrogens with zero attached hydrogens (tertiary/aromatic N) is 1. The molecule has 3 aliphatic heterocycles. The molecule has 0 amide bonds. The van der Waals surface area contributed by atoms with Gasteiger partial charge in [-0.3, -0.25) is 0 Å². The SMILES string of the molecule is CCC=C1/C(=C2/C=C3OCOC3=CC2)N(C)Cc2c1ccc1c2OCO1. The molecule has 1 saturated heterocycles. The first-order valence-corrected chi connectivity index (χ1v) is 9.00. The smallest absolute Gasteiger partial charge is 0.231 e. The van der Waals surface area contributed by atoms with Crippen LogP contribution in [-0.4, -0.2) is 25.5 Å². The average Bonchev–Trinajstić information content (AvgIpc) is 3.30. The molecule has 26 heavy (non-hydrogen) atoms. The summed E-state index contributed by atoms with van der Waals surface area (Å²) in [6.07, 6.45) is 8.32. The lowest BCUT2D eigenvalue weighted by molar-refractivity contribution is 0.0978. The van der Waals surface area contributed by atoms with Crippen LogP contribution in [0.1, 0.15) is 30.9 Å². The minimum atomic E-state index is 0.299. The van der Waals surface area contributed by atoms with Crippen LogP contribution in [0.2, 0.25) is 0 Å². The molecule has 0 unspecified atom stereocenters. The maximum absolute atomic E-state index is 5.76. The topological polar surface area (TPSA) is 40.2 Å². The lowest BCUT2D eigenvalue weighted by atomic mass is 9.87. The Kier molecular flexibility index (Phi) is 3.48. The minimum Gasteiger partial charge on any atom is -0.454 e. The summed E-state index contributed by atoms with van der Waals surface area (Å²) < 4.78 is 22.4. The van der Waals surface area contributed by atoms with Crippen molar-refractivity contribution in [1.29, 1.82) is 0 Å². The van der Waals surface area contributed by atoms with E-state index >= 15 is 0 Å². The van der Waals surface area contributed by atoms with Crippen molar-refractivity contribution in [1.82, 2.24) is 4.90 Å². The molecule has 0 aromatic heterocycles. The Labute approximate surface area is 152 Å². The number of benzene rings is 1.